The van der Waals surface area contributed by atoms with E-state index in [1.165, 1.54) is 6.92 Å². The molecule has 17 heavy (non-hydrogen) atoms. The summed E-state index contributed by atoms with van der Waals surface area (Å²) < 4.78 is 5.13. The molecule has 2 N–H and O–H groups in total. The standard InChI is InChI=1S/C11H19NO5/c1-10(2,3)17-9(16)12-6-5-7(13)11(12,4)8(14)15/h7,13H,5-6H2,1-4H3,(H,14,15). The predicted molar refractivity (Wildman–Crippen MR) is 59.6 cm³/mol. The van der Waals surface area contributed by atoms with Crippen LogP contribution in [0.3, 0.4) is 0 Å². The Morgan fingerprint density at radius 1 is 1.41 bits per heavy atom. The van der Waals surface area contributed by atoms with E-state index in [9.17, 15) is 14.7 Å². The molecule has 1 aliphatic rings. The summed E-state index contributed by atoms with van der Waals surface area (Å²) in [5.74, 6) is -1.23. The molecular weight excluding hydrogens is 226 g/mol. The van der Waals surface area contributed by atoms with E-state index in [1.807, 2.05) is 0 Å². The monoisotopic (exact) mass is 245 g/mol. The predicted octanol–water partition coefficient (Wildman–Crippen LogP) is 0.831. The Labute approximate surface area is 100 Å². The number of carbonyl (C=O) groups is 2. The van der Waals surface area contributed by atoms with Gasteiger partial charge in [0, 0.05) is 6.54 Å². The van der Waals surface area contributed by atoms with Crippen molar-refractivity contribution in [1.82, 2.24) is 4.90 Å². The topological polar surface area (TPSA) is 87.1 Å². The average molecular weight is 245 g/mol. The van der Waals surface area contributed by atoms with Crippen LogP contribution in [0.5, 0.6) is 0 Å². The summed E-state index contributed by atoms with van der Waals surface area (Å²) in [6, 6.07) is 0. The van der Waals surface area contributed by atoms with Crippen molar-refractivity contribution in [2.45, 2.75) is 51.4 Å². The lowest BCUT2D eigenvalue weighted by Crippen LogP contribution is -2.57. The van der Waals surface area contributed by atoms with Crippen LogP contribution in [0, 0.1) is 0 Å². The highest BCUT2D eigenvalue weighted by Gasteiger charge is 2.53. The van der Waals surface area contributed by atoms with Crippen molar-refractivity contribution in [2.24, 2.45) is 0 Å². The zero-order chi connectivity index (χ0) is 13.4. The van der Waals surface area contributed by atoms with Gasteiger partial charge in [0.2, 0.25) is 0 Å². The van der Waals surface area contributed by atoms with Crippen molar-refractivity contribution in [3.8, 4) is 0 Å². The number of rotatable bonds is 1. The van der Waals surface area contributed by atoms with E-state index >= 15 is 0 Å². The molecule has 0 bridgehead atoms. The number of aliphatic hydroxyl groups excluding tert-OH is 1. The van der Waals surface area contributed by atoms with Crippen LogP contribution in [-0.4, -0.2) is 51.0 Å². The van der Waals surface area contributed by atoms with Gasteiger partial charge >= 0.3 is 12.1 Å². The fraction of sp³-hybridized carbons (Fsp3) is 0.818. The van der Waals surface area contributed by atoms with Gasteiger partial charge in [-0.3, -0.25) is 4.90 Å². The second kappa shape index (κ2) is 4.18. The molecule has 0 saturated carbocycles. The number of likely N-dealkylation sites (tertiary alicyclic amines) is 1. The molecule has 2 atom stereocenters. The Bertz CT molecular complexity index is 335. The number of carboxylic acids is 1. The van der Waals surface area contributed by atoms with Gasteiger partial charge in [0.25, 0.3) is 0 Å². The SMILES string of the molecule is CC(C)(C)OC(=O)N1CCC(O)C1(C)C(=O)O. The van der Waals surface area contributed by atoms with E-state index in [0.29, 0.717) is 0 Å². The zero-order valence-corrected chi connectivity index (χ0v) is 10.6. The smallest absolute Gasteiger partial charge is 0.411 e. The number of amides is 1. The zero-order valence-electron chi connectivity index (χ0n) is 10.6. The van der Waals surface area contributed by atoms with Gasteiger partial charge in [-0.15, -0.1) is 0 Å². The molecule has 1 rings (SSSR count). The Morgan fingerprint density at radius 3 is 2.35 bits per heavy atom. The van der Waals surface area contributed by atoms with Gasteiger partial charge in [0.15, 0.2) is 5.54 Å². The fourth-order valence-corrected chi connectivity index (χ4v) is 1.80. The first-order valence-electron chi connectivity index (χ1n) is 5.51. The molecule has 0 aliphatic carbocycles. The number of aliphatic hydroxyl groups is 1. The third-order valence-electron chi connectivity index (χ3n) is 2.88. The van der Waals surface area contributed by atoms with Gasteiger partial charge in [-0.2, -0.15) is 0 Å². The number of aliphatic carboxylic acids is 1. The molecule has 6 heteroatoms. The second-order valence-corrected chi connectivity index (χ2v) is 5.39. The van der Waals surface area contributed by atoms with Crippen LogP contribution < -0.4 is 0 Å². The average Bonchev–Trinajstić information content (AvgIpc) is 2.42. The first-order chi connectivity index (χ1) is 7.59. The van der Waals surface area contributed by atoms with E-state index in [1.54, 1.807) is 20.8 Å². The molecule has 1 aliphatic heterocycles. The van der Waals surface area contributed by atoms with Crippen molar-refractivity contribution in [1.29, 1.82) is 0 Å². The second-order valence-electron chi connectivity index (χ2n) is 5.39. The maximum absolute atomic E-state index is 11.9. The number of hydrogen-bond donors (Lipinski definition) is 2. The number of carbonyl (C=O) groups excluding carboxylic acids is 1. The molecule has 0 aromatic rings. The normalized spacial score (nSPS) is 29.2. The van der Waals surface area contributed by atoms with E-state index in [-0.39, 0.29) is 13.0 Å². The highest BCUT2D eigenvalue weighted by molar-refractivity contribution is 5.85. The molecule has 1 heterocycles. The molecule has 1 amide bonds. The minimum atomic E-state index is -1.61. The summed E-state index contributed by atoms with van der Waals surface area (Å²) in [5, 5.41) is 18.9. The minimum Gasteiger partial charge on any atom is -0.479 e. The highest BCUT2D eigenvalue weighted by atomic mass is 16.6. The molecule has 0 aromatic carbocycles. The van der Waals surface area contributed by atoms with E-state index < -0.39 is 29.3 Å². The fourth-order valence-electron chi connectivity index (χ4n) is 1.80. The van der Waals surface area contributed by atoms with E-state index in [4.69, 9.17) is 9.84 Å². The number of ether oxygens (including phenoxy) is 1. The largest absolute Gasteiger partial charge is 0.479 e. The summed E-state index contributed by atoms with van der Waals surface area (Å²) in [6.45, 7) is 6.62. The van der Waals surface area contributed by atoms with Crippen molar-refractivity contribution < 1.29 is 24.5 Å². The van der Waals surface area contributed by atoms with Crippen LogP contribution in [0.1, 0.15) is 34.1 Å². The van der Waals surface area contributed by atoms with Crippen molar-refractivity contribution >= 4 is 12.1 Å². The Balaban J connectivity index is 2.91. The minimum absolute atomic E-state index is 0.179. The van der Waals surface area contributed by atoms with Crippen molar-refractivity contribution in [2.75, 3.05) is 6.54 Å². The van der Waals surface area contributed by atoms with Crippen LogP contribution >= 0.6 is 0 Å². The number of carboxylic acid groups (broad SMARTS) is 1. The molecule has 1 saturated heterocycles. The Morgan fingerprint density at radius 2 is 1.94 bits per heavy atom. The number of hydrogen-bond acceptors (Lipinski definition) is 4. The van der Waals surface area contributed by atoms with Gasteiger partial charge in [-0.25, -0.2) is 9.59 Å². The molecule has 2 unspecified atom stereocenters. The van der Waals surface area contributed by atoms with Gasteiger partial charge in [0.1, 0.15) is 5.60 Å². The van der Waals surface area contributed by atoms with E-state index in [0.717, 1.165) is 4.90 Å². The maximum Gasteiger partial charge on any atom is 0.411 e. The van der Waals surface area contributed by atoms with Crippen LogP contribution in [0.4, 0.5) is 4.79 Å². The first-order valence-corrected chi connectivity index (χ1v) is 5.51. The van der Waals surface area contributed by atoms with Gasteiger partial charge < -0.3 is 14.9 Å². The van der Waals surface area contributed by atoms with Gasteiger partial charge in [0.05, 0.1) is 6.10 Å². The molecule has 0 spiro atoms. The summed E-state index contributed by atoms with van der Waals surface area (Å²) >= 11 is 0. The summed E-state index contributed by atoms with van der Waals surface area (Å²) in [6.07, 6.45) is -1.55. The summed E-state index contributed by atoms with van der Waals surface area (Å²) in [5.41, 5.74) is -2.30. The lowest BCUT2D eigenvalue weighted by molar-refractivity contribution is -0.153. The Kier molecular flexibility index (Phi) is 3.38. The molecule has 0 radical (unpaired) electrons. The van der Waals surface area contributed by atoms with Crippen LogP contribution in [0.25, 0.3) is 0 Å². The van der Waals surface area contributed by atoms with Crippen molar-refractivity contribution in [3.63, 3.8) is 0 Å². The molecule has 6 nitrogen and oxygen atoms in total. The summed E-state index contributed by atoms with van der Waals surface area (Å²) in [7, 11) is 0. The third kappa shape index (κ3) is 2.52. The van der Waals surface area contributed by atoms with Crippen LogP contribution in [0.15, 0.2) is 0 Å². The molecular formula is C11H19NO5. The van der Waals surface area contributed by atoms with E-state index in [2.05, 4.69) is 0 Å². The third-order valence-corrected chi connectivity index (χ3v) is 2.88. The highest BCUT2D eigenvalue weighted by Crippen LogP contribution is 2.31. The quantitative estimate of drug-likeness (QED) is 0.714. The first kappa shape index (κ1) is 13.8. The maximum atomic E-state index is 11.9. The van der Waals surface area contributed by atoms with Gasteiger partial charge in [-0.1, -0.05) is 0 Å². The Hall–Kier alpha value is -1.30. The number of nitrogens with zero attached hydrogens (tertiary/aromatic N) is 1. The molecule has 0 aromatic heterocycles. The van der Waals surface area contributed by atoms with Crippen LogP contribution in [-0.2, 0) is 9.53 Å². The summed E-state index contributed by atoms with van der Waals surface area (Å²) in [4.78, 5) is 24.1. The van der Waals surface area contributed by atoms with Crippen molar-refractivity contribution in [3.05, 3.63) is 0 Å². The molecule has 98 valence electrons. The van der Waals surface area contributed by atoms with Crippen LogP contribution in [0.2, 0.25) is 0 Å². The van der Waals surface area contributed by atoms with Gasteiger partial charge in [-0.05, 0) is 34.1 Å². The lowest BCUT2D eigenvalue weighted by atomic mass is 9.96. The molecule has 1 fully saturated rings. The lowest BCUT2D eigenvalue weighted by Gasteiger charge is -2.34.